The van der Waals surface area contributed by atoms with Crippen molar-refractivity contribution in [3.05, 3.63) is 34.9 Å². The highest BCUT2D eigenvalue weighted by Gasteiger charge is 2.15. The van der Waals surface area contributed by atoms with Crippen LogP contribution in [0, 0.1) is 13.8 Å². The summed E-state index contributed by atoms with van der Waals surface area (Å²) in [5.41, 5.74) is 4.00. The first kappa shape index (κ1) is 12.6. The lowest BCUT2D eigenvalue weighted by Crippen LogP contribution is -2.21. The maximum atomic E-state index is 4.16. The number of aromatic nitrogens is 5. The first-order valence-corrected chi connectivity index (χ1v) is 5.93. The number of rotatable bonds is 4. The van der Waals surface area contributed by atoms with Gasteiger partial charge >= 0.3 is 0 Å². The normalized spacial score (nSPS) is 12.7. The summed E-state index contributed by atoms with van der Waals surface area (Å²) in [6, 6.07) is 2.25. The highest BCUT2D eigenvalue weighted by molar-refractivity contribution is 5.24. The van der Waals surface area contributed by atoms with Crippen LogP contribution in [0.4, 0.5) is 0 Å². The molecule has 6 heteroatoms. The fraction of sp³-hybridized carbons (Fsp3) is 0.500. The van der Waals surface area contributed by atoms with E-state index in [4.69, 9.17) is 0 Å². The van der Waals surface area contributed by atoms with Crippen LogP contribution >= 0.6 is 0 Å². The monoisotopic (exact) mass is 246 g/mol. The van der Waals surface area contributed by atoms with Gasteiger partial charge in [-0.3, -0.25) is 4.68 Å². The number of nitrogens with zero attached hydrogens (tertiary/aromatic N) is 5. The van der Waals surface area contributed by atoms with E-state index in [1.807, 2.05) is 34.1 Å². The van der Waals surface area contributed by atoms with Gasteiger partial charge in [0.1, 0.15) is 0 Å². The maximum Gasteiger partial charge on any atom is 0.0845 e. The molecule has 0 amide bonds. The van der Waals surface area contributed by atoms with Gasteiger partial charge in [0.2, 0.25) is 0 Å². The average Bonchev–Trinajstić information content (AvgIpc) is 2.75. The van der Waals surface area contributed by atoms with Crippen LogP contribution < -0.4 is 5.32 Å². The second kappa shape index (κ2) is 5.22. The molecular formula is C12H18N6. The molecule has 2 aromatic heterocycles. The minimum absolute atomic E-state index is 0.177. The second-order valence-corrected chi connectivity index (χ2v) is 4.46. The Morgan fingerprint density at radius 1 is 1.28 bits per heavy atom. The van der Waals surface area contributed by atoms with E-state index in [1.54, 1.807) is 4.68 Å². The van der Waals surface area contributed by atoms with Gasteiger partial charge in [-0.1, -0.05) is 5.21 Å². The Balaban J connectivity index is 2.25. The molecule has 0 saturated heterocycles. The SMILES string of the molecule is CNC(Cc1cn(C)nn1)c1cc(C)nnc1C. The fourth-order valence-corrected chi connectivity index (χ4v) is 1.99. The van der Waals surface area contributed by atoms with Gasteiger partial charge < -0.3 is 5.32 Å². The van der Waals surface area contributed by atoms with Crippen molar-refractivity contribution in [2.45, 2.75) is 26.3 Å². The van der Waals surface area contributed by atoms with Crippen molar-refractivity contribution < 1.29 is 0 Å². The van der Waals surface area contributed by atoms with Gasteiger partial charge in [0.25, 0.3) is 0 Å². The topological polar surface area (TPSA) is 68.5 Å². The van der Waals surface area contributed by atoms with Gasteiger partial charge in [0.15, 0.2) is 0 Å². The number of nitrogens with one attached hydrogen (secondary N) is 1. The van der Waals surface area contributed by atoms with Crippen LogP contribution in [0.15, 0.2) is 12.3 Å². The number of hydrogen-bond donors (Lipinski definition) is 1. The van der Waals surface area contributed by atoms with E-state index in [-0.39, 0.29) is 6.04 Å². The quantitative estimate of drug-likeness (QED) is 0.861. The zero-order valence-corrected chi connectivity index (χ0v) is 11.2. The Kier molecular flexibility index (Phi) is 3.66. The van der Waals surface area contributed by atoms with E-state index in [1.165, 1.54) is 0 Å². The van der Waals surface area contributed by atoms with Gasteiger partial charge in [0, 0.05) is 25.7 Å². The summed E-state index contributed by atoms with van der Waals surface area (Å²) in [5, 5.41) is 19.6. The van der Waals surface area contributed by atoms with Gasteiger partial charge in [-0.05, 0) is 32.5 Å². The summed E-state index contributed by atoms with van der Waals surface area (Å²) in [7, 11) is 3.81. The van der Waals surface area contributed by atoms with E-state index in [9.17, 15) is 0 Å². The largest absolute Gasteiger partial charge is 0.313 e. The van der Waals surface area contributed by atoms with Crippen LogP contribution in [-0.2, 0) is 13.5 Å². The molecule has 0 radical (unpaired) electrons. The minimum Gasteiger partial charge on any atom is -0.313 e. The smallest absolute Gasteiger partial charge is 0.0845 e. The Morgan fingerprint density at radius 2 is 2.06 bits per heavy atom. The van der Waals surface area contributed by atoms with Crippen molar-refractivity contribution in [3.63, 3.8) is 0 Å². The summed E-state index contributed by atoms with van der Waals surface area (Å²) in [5.74, 6) is 0. The van der Waals surface area contributed by atoms with Crippen LogP contribution in [0.3, 0.4) is 0 Å². The summed E-state index contributed by atoms with van der Waals surface area (Å²) >= 11 is 0. The molecule has 1 unspecified atom stereocenters. The summed E-state index contributed by atoms with van der Waals surface area (Å²) in [6.07, 6.45) is 2.72. The summed E-state index contributed by atoms with van der Waals surface area (Å²) < 4.78 is 1.71. The molecule has 1 atom stereocenters. The molecule has 0 aromatic carbocycles. The third-order valence-electron chi connectivity index (χ3n) is 2.93. The number of likely N-dealkylation sites (N-methyl/N-ethyl adjacent to an activating group) is 1. The predicted octanol–water partition coefficient (Wildman–Crippen LogP) is 0.725. The number of hydrogen-bond acceptors (Lipinski definition) is 5. The lowest BCUT2D eigenvalue weighted by molar-refractivity contribution is 0.574. The summed E-state index contributed by atoms with van der Waals surface area (Å²) in [6.45, 7) is 3.92. The van der Waals surface area contributed by atoms with Crippen molar-refractivity contribution in [1.29, 1.82) is 0 Å². The molecule has 0 fully saturated rings. The van der Waals surface area contributed by atoms with Crippen molar-refractivity contribution in [3.8, 4) is 0 Å². The maximum absolute atomic E-state index is 4.16. The van der Waals surface area contributed by atoms with Crippen LogP contribution in [0.2, 0.25) is 0 Å². The van der Waals surface area contributed by atoms with Crippen LogP contribution in [-0.4, -0.2) is 32.2 Å². The standard InChI is InChI=1S/C12H18N6/c1-8-5-11(9(2)15-14-8)12(13-3)6-10-7-18(4)17-16-10/h5,7,12-13H,6H2,1-4H3. The Labute approximate surface area is 106 Å². The third kappa shape index (κ3) is 2.70. The molecule has 18 heavy (non-hydrogen) atoms. The molecule has 96 valence electrons. The Bertz CT molecular complexity index is 533. The van der Waals surface area contributed by atoms with Gasteiger partial charge in [-0.25, -0.2) is 0 Å². The van der Waals surface area contributed by atoms with Gasteiger partial charge in [0.05, 0.1) is 17.1 Å². The van der Waals surface area contributed by atoms with Crippen LogP contribution in [0.5, 0.6) is 0 Å². The lowest BCUT2D eigenvalue weighted by atomic mass is 10.0. The molecule has 0 saturated carbocycles. The first-order valence-electron chi connectivity index (χ1n) is 5.93. The third-order valence-corrected chi connectivity index (χ3v) is 2.93. The van der Waals surface area contributed by atoms with Crippen molar-refractivity contribution in [2.75, 3.05) is 7.05 Å². The molecule has 0 bridgehead atoms. The lowest BCUT2D eigenvalue weighted by Gasteiger charge is -2.17. The van der Waals surface area contributed by atoms with Crippen LogP contribution in [0.25, 0.3) is 0 Å². The zero-order chi connectivity index (χ0) is 13.1. The van der Waals surface area contributed by atoms with Gasteiger partial charge in [-0.2, -0.15) is 10.2 Å². The second-order valence-electron chi connectivity index (χ2n) is 4.46. The molecular weight excluding hydrogens is 228 g/mol. The highest BCUT2D eigenvalue weighted by Crippen LogP contribution is 2.19. The molecule has 0 aliphatic rings. The van der Waals surface area contributed by atoms with E-state index in [0.29, 0.717) is 0 Å². The van der Waals surface area contributed by atoms with E-state index >= 15 is 0 Å². The zero-order valence-electron chi connectivity index (χ0n) is 11.2. The van der Waals surface area contributed by atoms with Crippen molar-refractivity contribution in [2.24, 2.45) is 7.05 Å². The molecule has 1 N–H and O–H groups in total. The first-order chi connectivity index (χ1) is 8.60. The fourth-order valence-electron chi connectivity index (χ4n) is 1.99. The number of aryl methyl sites for hydroxylation is 3. The molecule has 2 aromatic rings. The molecule has 2 heterocycles. The van der Waals surface area contributed by atoms with Crippen LogP contribution in [0.1, 0.15) is 28.7 Å². The highest BCUT2D eigenvalue weighted by atomic mass is 15.4. The minimum atomic E-state index is 0.177. The Morgan fingerprint density at radius 3 is 2.67 bits per heavy atom. The average molecular weight is 246 g/mol. The predicted molar refractivity (Wildman–Crippen MR) is 68.0 cm³/mol. The van der Waals surface area contributed by atoms with E-state index < -0.39 is 0 Å². The molecule has 0 aliphatic heterocycles. The van der Waals surface area contributed by atoms with E-state index in [0.717, 1.165) is 29.1 Å². The van der Waals surface area contributed by atoms with Crippen molar-refractivity contribution >= 4 is 0 Å². The van der Waals surface area contributed by atoms with Crippen molar-refractivity contribution in [1.82, 2.24) is 30.5 Å². The Hall–Kier alpha value is -1.82. The van der Waals surface area contributed by atoms with Gasteiger partial charge in [-0.15, -0.1) is 5.10 Å². The summed E-state index contributed by atoms with van der Waals surface area (Å²) in [4.78, 5) is 0. The molecule has 0 spiro atoms. The van der Waals surface area contributed by atoms with E-state index in [2.05, 4.69) is 31.9 Å². The molecule has 6 nitrogen and oxygen atoms in total. The molecule has 2 rings (SSSR count). The molecule has 0 aliphatic carbocycles.